The van der Waals surface area contributed by atoms with Crippen LogP contribution in [0, 0.1) is 19.7 Å². The monoisotopic (exact) mass is 306 g/mol. The van der Waals surface area contributed by atoms with Crippen LogP contribution in [0.25, 0.3) is 0 Å². The molecule has 0 fully saturated rings. The van der Waals surface area contributed by atoms with Gasteiger partial charge in [0, 0.05) is 5.33 Å². The first-order valence-electron chi connectivity index (χ1n) is 6.00. The minimum Gasteiger partial charge on any atom is -0.207 e. The fraction of sp³-hybridized carbons (Fsp3) is 0.250. The number of halogens is 2. The molecule has 0 N–H and O–H groups in total. The highest BCUT2D eigenvalue weighted by atomic mass is 79.9. The quantitative estimate of drug-likeness (QED) is 0.705. The molecule has 2 aromatic carbocycles. The van der Waals surface area contributed by atoms with E-state index in [1.807, 2.05) is 19.9 Å². The molecule has 0 saturated heterocycles. The van der Waals surface area contributed by atoms with E-state index in [1.165, 1.54) is 16.7 Å². The summed E-state index contributed by atoms with van der Waals surface area (Å²) < 4.78 is 13.3. The lowest BCUT2D eigenvalue weighted by atomic mass is 9.94. The Bertz CT molecular complexity index is 538. The van der Waals surface area contributed by atoms with E-state index >= 15 is 0 Å². The molecule has 0 aromatic heterocycles. The summed E-state index contributed by atoms with van der Waals surface area (Å²) in [5, 5.41) is 0.850. The summed E-state index contributed by atoms with van der Waals surface area (Å²) in [6.07, 6.45) is 0.861. The predicted molar refractivity (Wildman–Crippen MR) is 77.8 cm³/mol. The summed E-state index contributed by atoms with van der Waals surface area (Å²) in [7, 11) is 0. The molecule has 0 atom stereocenters. The molecule has 2 heteroatoms. The van der Waals surface area contributed by atoms with E-state index in [0.29, 0.717) is 0 Å². The maximum atomic E-state index is 13.3. The van der Waals surface area contributed by atoms with Crippen LogP contribution in [0.15, 0.2) is 36.4 Å². The van der Waals surface area contributed by atoms with E-state index in [-0.39, 0.29) is 5.82 Å². The molecule has 94 valence electrons. The van der Waals surface area contributed by atoms with Gasteiger partial charge in [-0.05, 0) is 60.2 Å². The molecule has 18 heavy (non-hydrogen) atoms. The number of alkyl halides is 1. The molecule has 0 nitrogen and oxygen atoms in total. The minimum absolute atomic E-state index is 0.150. The Kier molecular flexibility index (Phi) is 4.18. The molecule has 0 unspecified atom stereocenters. The van der Waals surface area contributed by atoms with Crippen molar-refractivity contribution in [2.75, 3.05) is 0 Å². The number of aryl methyl sites for hydroxylation is 2. The summed E-state index contributed by atoms with van der Waals surface area (Å²) in [6, 6.07) is 11.6. The van der Waals surface area contributed by atoms with Crippen molar-refractivity contribution in [1.82, 2.24) is 0 Å². The van der Waals surface area contributed by atoms with Gasteiger partial charge >= 0.3 is 0 Å². The third-order valence-electron chi connectivity index (χ3n) is 3.29. The van der Waals surface area contributed by atoms with Crippen LogP contribution in [0.5, 0.6) is 0 Å². The third kappa shape index (κ3) is 2.81. The Morgan fingerprint density at radius 2 is 1.56 bits per heavy atom. The lowest BCUT2D eigenvalue weighted by Crippen LogP contribution is -1.99. The van der Waals surface area contributed by atoms with Crippen LogP contribution in [0.4, 0.5) is 4.39 Å². The number of benzene rings is 2. The first-order chi connectivity index (χ1) is 8.61. The van der Waals surface area contributed by atoms with Crippen molar-refractivity contribution in [2.45, 2.75) is 25.6 Å². The molecule has 0 heterocycles. The van der Waals surface area contributed by atoms with Gasteiger partial charge in [0.05, 0.1) is 0 Å². The van der Waals surface area contributed by atoms with Gasteiger partial charge in [-0.2, -0.15) is 0 Å². The fourth-order valence-electron chi connectivity index (χ4n) is 2.27. The highest BCUT2D eigenvalue weighted by molar-refractivity contribution is 9.08. The lowest BCUT2D eigenvalue weighted by Gasteiger charge is -2.12. The van der Waals surface area contributed by atoms with E-state index in [0.717, 1.165) is 22.9 Å². The zero-order valence-corrected chi connectivity index (χ0v) is 12.2. The van der Waals surface area contributed by atoms with Gasteiger partial charge in [-0.15, -0.1) is 0 Å². The second kappa shape index (κ2) is 5.66. The fourth-order valence-corrected chi connectivity index (χ4v) is 2.82. The molecule has 2 aromatic rings. The van der Waals surface area contributed by atoms with Crippen molar-refractivity contribution < 1.29 is 4.39 Å². The summed E-state index contributed by atoms with van der Waals surface area (Å²) in [5.74, 6) is -0.150. The van der Waals surface area contributed by atoms with E-state index in [4.69, 9.17) is 0 Å². The minimum atomic E-state index is -0.150. The molecule has 0 aliphatic carbocycles. The lowest BCUT2D eigenvalue weighted by molar-refractivity contribution is 0.624. The van der Waals surface area contributed by atoms with Crippen molar-refractivity contribution in [3.63, 3.8) is 0 Å². The second-order valence-electron chi connectivity index (χ2n) is 4.60. The Labute approximate surface area is 116 Å². The van der Waals surface area contributed by atoms with Crippen molar-refractivity contribution >= 4 is 15.9 Å². The van der Waals surface area contributed by atoms with Gasteiger partial charge in [-0.25, -0.2) is 4.39 Å². The number of hydrogen-bond acceptors (Lipinski definition) is 0. The Balaban J connectivity index is 2.40. The van der Waals surface area contributed by atoms with Crippen molar-refractivity contribution in [3.05, 3.63) is 70.0 Å². The summed E-state index contributed by atoms with van der Waals surface area (Å²) >= 11 is 3.51. The van der Waals surface area contributed by atoms with Crippen molar-refractivity contribution in [1.29, 1.82) is 0 Å². The van der Waals surface area contributed by atoms with Crippen LogP contribution in [0.1, 0.15) is 27.8 Å². The zero-order valence-electron chi connectivity index (χ0n) is 10.6. The number of hydrogen-bond donors (Lipinski definition) is 0. The van der Waals surface area contributed by atoms with E-state index in [1.54, 1.807) is 12.1 Å². The normalized spacial score (nSPS) is 10.7. The summed E-state index contributed by atoms with van der Waals surface area (Å²) in [5.41, 5.74) is 5.87. The highest BCUT2D eigenvalue weighted by Gasteiger charge is 2.08. The molecule has 0 spiro atoms. The molecule has 0 saturated carbocycles. The molecule has 0 bridgehead atoms. The molecule has 0 aliphatic heterocycles. The molecular weight excluding hydrogens is 291 g/mol. The van der Waals surface area contributed by atoms with Gasteiger partial charge in [0.15, 0.2) is 0 Å². The third-order valence-corrected chi connectivity index (χ3v) is 3.89. The highest BCUT2D eigenvalue weighted by Crippen LogP contribution is 2.22. The Morgan fingerprint density at radius 1 is 1.00 bits per heavy atom. The van der Waals surface area contributed by atoms with Gasteiger partial charge in [0.2, 0.25) is 0 Å². The summed E-state index contributed by atoms with van der Waals surface area (Å²) in [6.45, 7) is 3.95. The maximum absolute atomic E-state index is 13.3. The molecule has 0 radical (unpaired) electrons. The predicted octanol–water partition coefficient (Wildman–Crippen LogP) is 4.93. The van der Waals surface area contributed by atoms with Crippen LogP contribution < -0.4 is 0 Å². The number of rotatable bonds is 3. The average Bonchev–Trinajstić information content (AvgIpc) is 2.34. The van der Waals surface area contributed by atoms with Crippen LogP contribution >= 0.6 is 15.9 Å². The zero-order chi connectivity index (χ0) is 13.1. The van der Waals surface area contributed by atoms with Crippen molar-refractivity contribution in [2.24, 2.45) is 0 Å². The Hall–Kier alpha value is -1.15. The second-order valence-corrected chi connectivity index (χ2v) is 5.16. The van der Waals surface area contributed by atoms with Gasteiger partial charge < -0.3 is 0 Å². The topological polar surface area (TPSA) is 0 Å². The van der Waals surface area contributed by atoms with Gasteiger partial charge in [0.25, 0.3) is 0 Å². The molecule has 2 rings (SSSR count). The maximum Gasteiger partial charge on any atom is 0.123 e. The van der Waals surface area contributed by atoms with Crippen LogP contribution in [-0.2, 0) is 11.8 Å². The van der Waals surface area contributed by atoms with Crippen LogP contribution in [0.2, 0.25) is 0 Å². The first kappa shape index (κ1) is 13.3. The SMILES string of the molecule is Cc1cc(F)cc(C)c1Cc1ccccc1CBr. The van der Waals surface area contributed by atoms with Gasteiger partial charge in [-0.3, -0.25) is 0 Å². The average molecular weight is 307 g/mol. The largest absolute Gasteiger partial charge is 0.207 e. The molecule has 0 aliphatic rings. The smallest absolute Gasteiger partial charge is 0.123 e. The van der Waals surface area contributed by atoms with E-state index in [2.05, 4.69) is 34.1 Å². The van der Waals surface area contributed by atoms with Crippen molar-refractivity contribution in [3.8, 4) is 0 Å². The molecular formula is C16H16BrF. The Morgan fingerprint density at radius 3 is 2.11 bits per heavy atom. The van der Waals surface area contributed by atoms with Gasteiger partial charge in [0.1, 0.15) is 5.82 Å². The van der Waals surface area contributed by atoms with Gasteiger partial charge in [-0.1, -0.05) is 40.2 Å². The standard InChI is InChI=1S/C16H16BrF/c1-11-7-15(18)8-12(2)16(11)9-13-5-3-4-6-14(13)10-17/h3-8H,9-10H2,1-2H3. The van der Waals surface area contributed by atoms with E-state index < -0.39 is 0 Å². The summed E-state index contributed by atoms with van der Waals surface area (Å²) in [4.78, 5) is 0. The van der Waals surface area contributed by atoms with Crippen LogP contribution in [0.3, 0.4) is 0 Å². The first-order valence-corrected chi connectivity index (χ1v) is 7.12. The van der Waals surface area contributed by atoms with E-state index in [9.17, 15) is 4.39 Å². The molecule has 0 amide bonds. The van der Waals surface area contributed by atoms with Crippen LogP contribution in [-0.4, -0.2) is 0 Å².